The van der Waals surface area contributed by atoms with E-state index in [0.29, 0.717) is 17.0 Å². The van der Waals surface area contributed by atoms with Gasteiger partial charge < -0.3 is 14.8 Å². The Kier molecular flexibility index (Phi) is 5.90. The summed E-state index contributed by atoms with van der Waals surface area (Å²) in [6.07, 6.45) is -1.04. The number of methoxy groups -OCH3 is 1. The van der Waals surface area contributed by atoms with Gasteiger partial charge in [0.25, 0.3) is 11.6 Å². The highest BCUT2D eigenvalue weighted by Crippen LogP contribution is 2.20. The molecule has 1 unspecified atom stereocenters. The van der Waals surface area contributed by atoms with Gasteiger partial charge in [0, 0.05) is 17.3 Å². The van der Waals surface area contributed by atoms with Crippen molar-refractivity contribution in [2.75, 3.05) is 12.4 Å². The molecule has 0 spiro atoms. The molecule has 0 aromatic heterocycles. The Labute approximate surface area is 149 Å². The molecule has 0 bridgehead atoms. The number of aryl methyl sites for hydroxylation is 1. The first-order valence-electron chi connectivity index (χ1n) is 7.72. The molecule has 0 radical (unpaired) electrons. The molecule has 1 N–H and O–H groups in total. The molecule has 1 amide bonds. The minimum atomic E-state index is -1.04. The zero-order valence-corrected chi connectivity index (χ0v) is 14.5. The van der Waals surface area contributed by atoms with Crippen LogP contribution in [0.4, 0.5) is 11.4 Å². The van der Waals surface area contributed by atoms with Crippen LogP contribution in [0.2, 0.25) is 0 Å². The van der Waals surface area contributed by atoms with Crippen molar-refractivity contribution in [3.63, 3.8) is 0 Å². The number of carbonyl (C=O) groups is 2. The summed E-state index contributed by atoms with van der Waals surface area (Å²) >= 11 is 0. The van der Waals surface area contributed by atoms with E-state index in [2.05, 4.69) is 5.32 Å². The van der Waals surface area contributed by atoms with Gasteiger partial charge in [-0.2, -0.15) is 0 Å². The molecular formula is C18H18N2O6. The predicted molar refractivity (Wildman–Crippen MR) is 94.3 cm³/mol. The number of nitrogens with zero attached hydrogens (tertiary/aromatic N) is 1. The molecular weight excluding hydrogens is 340 g/mol. The number of carbonyl (C=O) groups excluding carboxylic acids is 2. The summed E-state index contributed by atoms with van der Waals surface area (Å²) in [6, 6.07) is 10.6. The maximum atomic E-state index is 12.1. The Hall–Kier alpha value is -3.42. The number of nitro benzene ring substituents is 1. The maximum Gasteiger partial charge on any atom is 0.338 e. The van der Waals surface area contributed by atoms with Gasteiger partial charge in [-0.15, -0.1) is 0 Å². The average Bonchev–Trinajstić information content (AvgIpc) is 2.61. The van der Waals surface area contributed by atoms with E-state index >= 15 is 0 Å². The van der Waals surface area contributed by atoms with E-state index in [9.17, 15) is 19.7 Å². The third-order valence-corrected chi connectivity index (χ3v) is 3.64. The fourth-order valence-corrected chi connectivity index (χ4v) is 2.19. The number of hydrogen-bond acceptors (Lipinski definition) is 6. The van der Waals surface area contributed by atoms with Crippen molar-refractivity contribution in [2.45, 2.75) is 20.0 Å². The minimum Gasteiger partial charge on any atom is -0.497 e. The van der Waals surface area contributed by atoms with Gasteiger partial charge >= 0.3 is 5.97 Å². The van der Waals surface area contributed by atoms with E-state index in [1.807, 2.05) is 0 Å². The first-order valence-corrected chi connectivity index (χ1v) is 7.72. The van der Waals surface area contributed by atoms with Crippen LogP contribution >= 0.6 is 0 Å². The summed E-state index contributed by atoms with van der Waals surface area (Å²) in [6.45, 7) is 2.96. The number of benzene rings is 2. The monoisotopic (exact) mass is 358 g/mol. The second-order valence-corrected chi connectivity index (χ2v) is 5.52. The van der Waals surface area contributed by atoms with Crippen LogP contribution in [-0.4, -0.2) is 30.0 Å². The Morgan fingerprint density at radius 1 is 1.15 bits per heavy atom. The van der Waals surface area contributed by atoms with Gasteiger partial charge in [-0.25, -0.2) is 4.79 Å². The van der Waals surface area contributed by atoms with E-state index in [-0.39, 0.29) is 11.3 Å². The zero-order chi connectivity index (χ0) is 19.3. The molecule has 2 aromatic carbocycles. The molecule has 0 saturated heterocycles. The highest BCUT2D eigenvalue weighted by atomic mass is 16.6. The summed E-state index contributed by atoms with van der Waals surface area (Å²) in [5, 5.41) is 13.4. The number of nitrogens with one attached hydrogen (secondary N) is 1. The van der Waals surface area contributed by atoms with Crippen LogP contribution in [0.1, 0.15) is 22.8 Å². The molecule has 0 aliphatic heterocycles. The summed E-state index contributed by atoms with van der Waals surface area (Å²) < 4.78 is 10.2. The Balaban J connectivity index is 2.00. The molecule has 2 rings (SSSR count). The van der Waals surface area contributed by atoms with Gasteiger partial charge in [0.15, 0.2) is 6.10 Å². The highest BCUT2D eigenvalue weighted by Gasteiger charge is 2.20. The van der Waals surface area contributed by atoms with Crippen LogP contribution in [0, 0.1) is 17.0 Å². The van der Waals surface area contributed by atoms with Gasteiger partial charge in [-0.3, -0.25) is 14.9 Å². The van der Waals surface area contributed by atoms with Crippen molar-refractivity contribution in [1.29, 1.82) is 0 Å². The lowest BCUT2D eigenvalue weighted by atomic mass is 10.1. The van der Waals surface area contributed by atoms with Crippen molar-refractivity contribution in [3.8, 4) is 5.75 Å². The molecule has 1 atom stereocenters. The molecule has 0 saturated carbocycles. The standard InChI is InChI=1S/C18H18N2O6/c1-11-10-13(4-9-16(11)20(23)24)18(22)26-12(2)17(21)19-14-5-7-15(25-3)8-6-14/h4-10,12H,1-3H3,(H,19,21). The molecule has 0 fully saturated rings. The molecule has 0 heterocycles. The maximum absolute atomic E-state index is 12.1. The van der Waals surface area contributed by atoms with Gasteiger partial charge in [0.05, 0.1) is 17.6 Å². The molecule has 136 valence electrons. The van der Waals surface area contributed by atoms with Crippen LogP contribution in [0.3, 0.4) is 0 Å². The molecule has 26 heavy (non-hydrogen) atoms. The number of esters is 1. The number of anilines is 1. The molecule has 8 heteroatoms. The summed E-state index contributed by atoms with van der Waals surface area (Å²) in [5.41, 5.74) is 0.911. The smallest absolute Gasteiger partial charge is 0.338 e. The second kappa shape index (κ2) is 8.11. The van der Waals surface area contributed by atoms with Crippen LogP contribution in [0.15, 0.2) is 42.5 Å². The van der Waals surface area contributed by atoms with Crippen molar-refractivity contribution < 1.29 is 24.0 Å². The molecule has 2 aromatic rings. The number of nitro groups is 1. The van der Waals surface area contributed by atoms with E-state index in [0.717, 1.165) is 0 Å². The SMILES string of the molecule is COc1ccc(NC(=O)C(C)OC(=O)c2ccc([N+](=O)[O-])c(C)c2)cc1. The summed E-state index contributed by atoms with van der Waals surface area (Å²) in [4.78, 5) is 34.6. The van der Waals surface area contributed by atoms with Gasteiger partial charge in [-0.05, 0) is 50.2 Å². The number of ether oxygens (including phenoxy) is 2. The Morgan fingerprint density at radius 3 is 2.35 bits per heavy atom. The average molecular weight is 358 g/mol. The fourth-order valence-electron chi connectivity index (χ4n) is 2.19. The summed E-state index contributed by atoms with van der Waals surface area (Å²) in [5.74, 6) is -0.585. The van der Waals surface area contributed by atoms with Crippen LogP contribution in [0.5, 0.6) is 5.75 Å². The first-order chi connectivity index (χ1) is 12.3. The number of rotatable bonds is 6. The predicted octanol–water partition coefficient (Wildman–Crippen LogP) is 3.10. The molecule has 0 aliphatic carbocycles. The van der Waals surface area contributed by atoms with Crippen molar-refractivity contribution in [2.24, 2.45) is 0 Å². The Morgan fingerprint density at radius 2 is 1.81 bits per heavy atom. The van der Waals surface area contributed by atoms with E-state index in [1.54, 1.807) is 24.3 Å². The first kappa shape index (κ1) is 18.9. The number of hydrogen-bond donors (Lipinski definition) is 1. The largest absolute Gasteiger partial charge is 0.497 e. The normalized spacial score (nSPS) is 11.3. The van der Waals surface area contributed by atoms with Crippen LogP contribution < -0.4 is 10.1 Å². The quantitative estimate of drug-likeness (QED) is 0.483. The van der Waals surface area contributed by atoms with Gasteiger partial charge in [0.1, 0.15) is 5.75 Å². The second-order valence-electron chi connectivity index (χ2n) is 5.52. The van der Waals surface area contributed by atoms with E-state index in [4.69, 9.17) is 9.47 Å². The van der Waals surface area contributed by atoms with E-state index in [1.165, 1.54) is 39.2 Å². The minimum absolute atomic E-state index is 0.0909. The van der Waals surface area contributed by atoms with E-state index < -0.39 is 22.9 Å². The zero-order valence-electron chi connectivity index (χ0n) is 14.5. The van der Waals surface area contributed by atoms with Gasteiger partial charge in [0.2, 0.25) is 0 Å². The topological polar surface area (TPSA) is 108 Å². The fraction of sp³-hybridized carbons (Fsp3) is 0.222. The lowest BCUT2D eigenvalue weighted by Gasteiger charge is -2.14. The lowest BCUT2D eigenvalue weighted by molar-refractivity contribution is -0.385. The number of amides is 1. The lowest BCUT2D eigenvalue weighted by Crippen LogP contribution is -2.30. The molecule has 8 nitrogen and oxygen atoms in total. The highest BCUT2D eigenvalue weighted by molar-refractivity contribution is 5.97. The Bertz CT molecular complexity index is 832. The molecule has 0 aliphatic rings. The third kappa shape index (κ3) is 4.56. The van der Waals surface area contributed by atoms with Crippen LogP contribution in [-0.2, 0) is 9.53 Å². The third-order valence-electron chi connectivity index (χ3n) is 3.64. The van der Waals surface area contributed by atoms with Crippen molar-refractivity contribution in [3.05, 3.63) is 63.7 Å². The van der Waals surface area contributed by atoms with Crippen LogP contribution in [0.25, 0.3) is 0 Å². The van der Waals surface area contributed by atoms with Crippen molar-refractivity contribution >= 4 is 23.3 Å². The van der Waals surface area contributed by atoms with Crippen molar-refractivity contribution in [1.82, 2.24) is 0 Å². The van der Waals surface area contributed by atoms with Gasteiger partial charge in [-0.1, -0.05) is 0 Å². The summed E-state index contributed by atoms with van der Waals surface area (Å²) in [7, 11) is 1.54.